The predicted octanol–water partition coefficient (Wildman–Crippen LogP) is 1.19. The molecule has 0 fully saturated rings. The third kappa shape index (κ3) is 4.01. The number of amides is 2. The highest BCUT2D eigenvalue weighted by Gasteiger charge is 2.25. The van der Waals surface area contributed by atoms with Crippen LogP contribution in [0.3, 0.4) is 0 Å². The number of hydrogen-bond acceptors (Lipinski definition) is 3. The van der Waals surface area contributed by atoms with Crippen molar-refractivity contribution in [2.75, 3.05) is 6.54 Å². The summed E-state index contributed by atoms with van der Waals surface area (Å²) in [5.41, 5.74) is 0. The molecule has 17 heavy (non-hydrogen) atoms. The van der Waals surface area contributed by atoms with Crippen LogP contribution in [0.2, 0.25) is 0 Å². The van der Waals surface area contributed by atoms with E-state index in [0.29, 0.717) is 13.0 Å². The van der Waals surface area contributed by atoms with E-state index in [9.17, 15) is 14.4 Å². The molecule has 0 aliphatic carbocycles. The maximum Gasteiger partial charge on any atom is 0.303 e. The first kappa shape index (κ1) is 13.4. The van der Waals surface area contributed by atoms with Crippen LogP contribution in [-0.4, -0.2) is 34.3 Å². The molecule has 94 valence electrons. The van der Waals surface area contributed by atoms with Gasteiger partial charge in [0, 0.05) is 25.1 Å². The highest BCUT2D eigenvalue weighted by Crippen LogP contribution is 2.16. The normalized spacial score (nSPS) is 16.6. The van der Waals surface area contributed by atoms with Crippen molar-refractivity contribution < 1.29 is 19.5 Å². The van der Waals surface area contributed by atoms with E-state index in [2.05, 4.69) is 0 Å². The fraction of sp³-hybridized carbons (Fsp3) is 0.583. The number of imide groups is 1. The quantitative estimate of drug-likeness (QED) is 0.677. The van der Waals surface area contributed by atoms with Crippen LogP contribution >= 0.6 is 0 Å². The van der Waals surface area contributed by atoms with Gasteiger partial charge in [-0.3, -0.25) is 19.3 Å². The van der Waals surface area contributed by atoms with Gasteiger partial charge >= 0.3 is 5.97 Å². The molecule has 0 unspecified atom stereocenters. The van der Waals surface area contributed by atoms with Crippen molar-refractivity contribution in [1.82, 2.24) is 4.90 Å². The van der Waals surface area contributed by atoms with Gasteiger partial charge < -0.3 is 5.11 Å². The van der Waals surface area contributed by atoms with E-state index in [1.807, 2.05) is 6.92 Å². The summed E-state index contributed by atoms with van der Waals surface area (Å²) in [4.78, 5) is 34.3. The van der Waals surface area contributed by atoms with Crippen molar-refractivity contribution in [2.24, 2.45) is 5.92 Å². The number of nitrogens with zero attached hydrogens (tertiary/aromatic N) is 1. The third-order valence-electron chi connectivity index (χ3n) is 2.92. The Hall–Kier alpha value is -1.65. The molecule has 5 heteroatoms. The molecule has 1 heterocycles. The van der Waals surface area contributed by atoms with Crippen molar-refractivity contribution in [1.29, 1.82) is 0 Å². The number of aliphatic carboxylic acids is 1. The first-order chi connectivity index (χ1) is 8.04. The van der Waals surface area contributed by atoms with Crippen LogP contribution in [0.5, 0.6) is 0 Å². The number of carboxylic acid groups (broad SMARTS) is 1. The lowest BCUT2D eigenvalue weighted by Crippen LogP contribution is -2.34. The van der Waals surface area contributed by atoms with Gasteiger partial charge in [0.05, 0.1) is 0 Å². The molecule has 1 N–H and O–H groups in total. The molecule has 2 amide bonds. The van der Waals surface area contributed by atoms with Crippen LogP contribution < -0.4 is 0 Å². The molecule has 1 aliphatic rings. The summed E-state index contributed by atoms with van der Waals surface area (Å²) in [6.07, 6.45) is 4.81. The van der Waals surface area contributed by atoms with Gasteiger partial charge in [0.25, 0.3) is 11.8 Å². The molecule has 0 aromatic carbocycles. The second kappa shape index (κ2) is 6.18. The predicted molar refractivity (Wildman–Crippen MR) is 61.1 cm³/mol. The number of carboxylic acids is 1. The third-order valence-corrected chi connectivity index (χ3v) is 2.92. The summed E-state index contributed by atoms with van der Waals surface area (Å²) in [6.45, 7) is 2.37. The molecule has 0 radical (unpaired) electrons. The first-order valence-electron chi connectivity index (χ1n) is 5.80. The second-order valence-corrected chi connectivity index (χ2v) is 4.18. The van der Waals surface area contributed by atoms with Gasteiger partial charge in [-0.05, 0) is 18.8 Å². The minimum absolute atomic E-state index is 0.136. The highest BCUT2D eigenvalue weighted by molar-refractivity contribution is 6.12. The van der Waals surface area contributed by atoms with Gasteiger partial charge in [0.15, 0.2) is 0 Å². The first-order valence-corrected chi connectivity index (χ1v) is 5.80. The summed E-state index contributed by atoms with van der Waals surface area (Å²) >= 11 is 0. The fourth-order valence-corrected chi connectivity index (χ4v) is 1.84. The monoisotopic (exact) mass is 239 g/mol. The van der Waals surface area contributed by atoms with Crippen molar-refractivity contribution >= 4 is 17.8 Å². The van der Waals surface area contributed by atoms with E-state index >= 15 is 0 Å². The summed E-state index contributed by atoms with van der Waals surface area (Å²) in [6, 6.07) is 0. The standard InChI is InChI=1S/C12H17NO4/c1-2-9(4-3-5-12(16)17)8-13-10(14)6-7-11(13)15/h6-7,9H,2-5,8H2,1H3,(H,16,17)/t9-/m0/s1. The van der Waals surface area contributed by atoms with Crippen LogP contribution in [0.25, 0.3) is 0 Å². The number of carbonyl (C=O) groups is 3. The largest absolute Gasteiger partial charge is 0.481 e. The van der Waals surface area contributed by atoms with Gasteiger partial charge in [-0.1, -0.05) is 13.3 Å². The molecule has 1 rings (SSSR count). The lowest BCUT2D eigenvalue weighted by molar-refractivity contribution is -0.139. The summed E-state index contributed by atoms with van der Waals surface area (Å²) < 4.78 is 0. The highest BCUT2D eigenvalue weighted by atomic mass is 16.4. The summed E-state index contributed by atoms with van der Waals surface area (Å²) in [5.74, 6) is -1.17. The van der Waals surface area contributed by atoms with E-state index in [4.69, 9.17) is 5.11 Å². The topological polar surface area (TPSA) is 74.7 Å². The Morgan fingerprint density at radius 1 is 1.35 bits per heavy atom. The molecule has 0 saturated carbocycles. The number of hydrogen-bond donors (Lipinski definition) is 1. The van der Waals surface area contributed by atoms with E-state index in [0.717, 1.165) is 12.8 Å². The minimum atomic E-state index is -0.810. The molecule has 0 spiro atoms. The van der Waals surface area contributed by atoms with Gasteiger partial charge in [-0.2, -0.15) is 0 Å². The Labute approximate surface area is 100 Å². The second-order valence-electron chi connectivity index (χ2n) is 4.18. The molecule has 0 saturated heterocycles. The molecular formula is C12H17NO4. The lowest BCUT2D eigenvalue weighted by atomic mass is 9.98. The molecule has 1 atom stereocenters. The molecule has 1 aliphatic heterocycles. The van der Waals surface area contributed by atoms with Crippen LogP contribution in [0.15, 0.2) is 12.2 Å². The molecule has 0 bridgehead atoms. The molecule has 5 nitrogen and oxygen atoms in total. The van der Waals surface area contributed by atoms with Crippen LogP contribution in [0, 0.1) is 5.92 Å². The molecule has 0 aromatic rings. The Balaban J connectivity index is 2.39. The summed E-state index contributed by atoms with van der Waals surface area (Å²) in [7, 11) is 0. The number of rotatable bonds is 7. The van der Waals surface area contributed by atoms with Crippen molar-refractivity contribution in [2.45, 2.75) is 32.6 Å². The average Bonchev–Trinajstić information content (AvgIpc) is 2.58. The van der Waals surface area contributed by atoms with Crippen LogP contribution in [0.1, 0.15) is 32.6 Å². The van der Waals surface area contributed by atoms with E-state index in [-0.39, 0.29) is 24.2 Å². The van der Waals surface area contributed by atoms with Crippen LogP contribution in [-0.2, 0) is 14.4 Å². The molecular weight excluding hydrogens is 222 g/mol. The summed E-state index contributed by atoms with van der Waals surface area (Å²) in [5, 5.41) is 8.54. The smallest absolute Gasteiger partial charge is 0.303 e. The maximum atomic E-state index is 11.3. The zero-order valence-electron chi connectivity index (χ0n) is 9.89. The van der Waals surface area contributed by atoms with Crippen molar-refractivity contribution in [3.8, 4) is 0 Å². The zero-order valence-corrected chi connectivity index (χ0v) is 9.89. The van der Waals surface area contributed by atoms with Gasteiger partial charge in [-0.25, -0.2) is 0 Å². The Kier molecular flexibility index (Phi) is 4.87. The van der Waals surface area contributed by atoms with Crippen LogP contribution in [0.4, 0.5) is 0 Å². The lowest BCUT2D eigenvalue weighted by Gasteiger charge is -2.21. The minimum Gasteiger partial charge on any atom is -0.481 e. The van der Waals surface area contributed by atoms with E-state index in [1.54, 1.807) is 0 Å². The number of carbonyl (C=O) groups excluding carboxylic acids is 2. The molecule has 0 aromatic heterocycles. The van der Waals surface area contributed by atoms with Crippen molar-refractivity contribution in [3.63, 3.8) is 0 Å². The Morgan fingerprint density at radius 2 is 1.94 bits per heavy atom. The zero-order chi connectivity index (χ0) is 12.8. The van der Waals surface area contributed by atoms with Gasteiger partial charge in [0.2, 0.25) is 0 Å². The van der Waals surface area contributed by atoms with Gasteiger partial charge in [-0.15, -0.1) is 0 Å². The van der Waals surface area contributed by atoms with E-state index in [1.165, 1.54) is 17.1 Å². The Bertz CT molecular complexity index is 330. The average molecular weight is 239 g/mol. The van der Waals surface area contributed by atoms with E-state index < -0.39 is 5.97 Å². The van der Waals surface area contributed by atoms with Gasteiger partial charge in [0.1, 0.15) is 0 Å². The van der Waals surface area contributed by atoms with Crippen molar-refractivity contribution in [3.05, 3.63) is 12.2 Å². The Morgan fingerprint density at radius 3 is 2.41 bits per heavy atom. The fourth-order valence-electron chi connectivity index (χ4n) is 1.84. The SMILES string of the molecule is CC[C@@H](CCCC(=O)O)CN1C(=O)C=CC1=O. The maximum absolute atomic E-state index is 11.3.